The summed E-state index contributed by atoms with van der Waals surface area (Å²) in [5.74, 6) is -11.4. The van der Waals surface area contributed by atoms with Gasteiger partial charge in [0, 0.05) is 60.9 Å². The minimum Gasteiger partial charge on any atom is -0.664 e. The zero-order chi connectivity index (χ0) is 46.1. The number of rotatable bonds is 15. The normalized spacial score (nSPS) is 42.7. The van der Waals surface area contributed by atoms with Crippen LogP contribution < -0.4 is 11.1 Å². The zero-order valence-corrected chi connectivity index (χ0v) is 37.3. The summed E-state index contributed by atoms with van der Waals surface area (Å²) in [4.78, 5) is 103. The quantitative estimate of drug-likeness (QED) is 0.110. The van der Waals surface area contributed by atoms with Crippen LogP contribution in [0, 0.1) is 51.8 Å². The van der Waals surface area contributed by atoms with E-state index in [9.17, 15) is 63.9 Å². The van der Waals surface area contributed by atoms with E-state index in [4.69, 9.17) is 27.0 Å². The van der Waals surface area contributed by atoms with E-state index in [0.29, 0.717) is 0 Å². The predicted octanol–water partition coefficient (Wildman–Crippen LogP) is 4.65. The molecule has 8 N–H and O–H groups in total. The Morgan fingerprint density at radius 2 is 1.39 bits per heavy atom. The number of fused-ring (bicyclic) bond motifs is 6. The van der Waals surface area contributed by atoms with Crippen LogP contribution in [-0.4, -0.2) is 109 Å². The molecule has 0 radical (unpaired) electrons. The van der Waals surface area contributed by atoms with Gasteiger partial charge >= 0.3 is 29.8 Å². The molecule has 3 unspecified atom stereocenters. The minimum atomic E-state index is -1.42. The summed E-state index contributed by atoms with van der Waals surface area (Å²) in [7, 11) is 0. The van der Waals surface area contributed by atoms with E-state index in [0.717, 1.165) is 0 Å². The number of primary amides is 1. The fourth-order valence-electron chi connectivity index (χ4n) is 13.5. The third-order valence-electron chi connectivity index (χ3n) is 16.3. The monoisotopic (exact) mass is 936 g/mol. The number of carboxylic acid groups (broad SMARTS) is 5. The van der Waals surface area contributed by atoms with Crippen LogP contribution in [0.5, 0.6) is 0 Å². The average molecular weight is 938 g/mol. The Kier molecular flexibility index (Phi) is 13.6. The Bertz CT molecular complexity index is 2060. The van der Waals surface area contributed by atoms with E-state index < -0.39 is 130 Å². The van der Waals surface area contributed by atoms with Crippen molar-refractivity contribution in [3.05, 3.63) is 44.3 Å². The van der Waals surface area contributed by atoms with Crippen molar-refractivity contribution in [3.8, 4) is 0 Å². The van der Waals surface area contributed by atoms with Gasteiger partial charge in [0.1, 0.15) is 0 Å². The second kappa shape index (κ2) is 17.8. The predicted molar refractivity (Wildman–Crippen MR) is 222 cm³/mol. The van der Waals surface area contributed by atoms with Gasteiger partial charge in [-0.05, 0) is 76.8 Å². The summed E-state index contributed by atoms with van der Waals surface area (Å²) in [6.07, 6.45) is 0.0106. The fraction of sp³-hybridized carbons (Fsp3) is 0.727. The number of aliphatic carboxylic acids is 5. The summed E-state index contributed by atoms with van der Waals surface area (Å²) in [5.41, 5.74) is 2.02. The molecule has 6 aliphatic heterocycles. The van der Waals surface area contributed by atoms with Gasteiger partial charge in [-0.2, -0.15) is 11.4 Å². The number of carbonyl (C=O) groups is 8. The van der Waals surface area contributed by atoms with E-state index >= 15 is 0 Å². The molecule has 1 spiro atoms. The van der Waals surface area contributed by atoms with Crippen LogP contribution in [0.1, 0.15) is 111 Å². The number of Topliss-reactive ketones (excluding diaryl/α,β-unsaturated/α-hetero) is 1. The first-order valence-electron chi connectivity index (χ1n) is 21.9. The van der Waals surface area contributed by atoms with Gasteiger partial charge in [0.15, 0.2) is 5.78 Å². The van der Waals surface area contributed by atoms with Crippen molar-refractivity contribution < 1.29 is 80.4 Å². The van der Waals surface area contributed by atoms with E-state index in [-0.39, 0.29) is 122 Å². The first kappa shape index (κ1) is 49.1. The topological polar surface area (TPSA) is 332 Å². The van der Waals surface area contributed by atoms with Gasteiger partial charge in [0.2, 0.25) is 11.8 Å². The zero-order valence-electron chi connectivity index (χ0n) is 36.3. The maximum atomic E-state index is 14.7. The van der Waals surface area contributed by atoms with E-state index in [1.807, 2.05) is 20.8 Å². The number of hydrogen-bond acceptors (Lipinski definition) is 8. The van der Waals surface area contributed by atoms with Crippen LogP contribution >= 0.6 is 0 Å². The van der Waals surface area contributed by atoms with Gasteiger partial charge in [0.05, 0.1) is 6.42 Å². The molecule has 15 atom stereocenters. The number of carboxylic acids is 5. The van der Waals surface area contributed by atoms with Gasteiger partial charge < -0.3 is 57.9 Å². The van der Waals surface area contributed by atoms with E-state index in [2.05, 4.69) is 5.32 Å². The maximum Gasteiger partial charge on any atom is 0.303 e. The number of allylic oxidation sites excluding steroid dienone is 2. The second-order valence-electron chi connectivity index (χ2n) is 20.1. The molecule has 64 heavy (non-hydrogen) atoms. The summed E-state index contributed by atoms with van der Waals surface area (Å²) >= 11 is 0. The molecular weight excluding hydrogens is 879 g/mol. The molecule has 0 aromatic rings. The molecule has 7 aliphatic rings. The van der Waals surface area contributed by atoms with Crippen LogP contribution in [0.4, 0.5) is 0 Å². The Morgan fingerprint density at radius 3 is 1.98 bits per heavy atom. The van der Waals surface area contributed by atoms with Crippen LogP contribution in [0.3, 0.4) is 0 Å². The van der Waals surface area contributed by atoms with Crippen LogP contribution in [-0.2, 0) is 54.8 Å². The number of nitrogens with one attached hydrogen (secondary N) is 1. The number of carbonyl (C=O) groups excluding carboxylic acids is 3. The molecule has 8 bridgehead atoms. The van der Waals surface area contributed by atoms with Gasteiger partial charge in [-0.1, -0.05) is 46.5 Å². The summed E-state index contributed by atoms with van der Waals surface area (Å²) < 4.78 is 0. The van der Waals surface area contributed by atoms with Crippen LogP contribution in [0.25, 0.3) is 21.3 Å². The molecule has 356 valence electrons. The molecule has 7 rings (SSSR count). The standard InChI is InChI=1S/C44H59N6O13.Ni/c1-19-15-42(3)24(12-36(61)62)26-14-29-41(2,17-30(45)51)22(6-9-33(55)56)28(46-29)16-44-43(4,18-31(52)50-44)23(7-10-34(57)58)27(49-44)13-25-21(11-35(59)60)20(5-8-32(53)54)38(47-25)37(39(19)63)40(42)48-26;/h13,19-24,26-29,40H,5-12,14-18H2,1-4H3,(H9,45,47,50,51,52,53,54,55,56,57,58,59,60,61,62,63);/q-3;/p-1/b25-13-;/t19-,20-,21-,22+,23+,24+,26+,27?,28-,29?,40?,41-,42-,43-,44-;/m0./s1. The molecule has 0 aromatic carbocycles. The molecule has 5 saturated heterocycles. The maximum absolute atomic E-state index is 14.7. The fourth-order valence-corrected chi connectivity index (χ4v) is 13.5. The molecule has 6 fully saturated rings. The van der Waals surface area contributed by atoms with Crippen LogP contribution in [0.2, 0.25) is 0 Å². The molecule has 1 saturated carbocycles. The van der Waals surface area contributed by atoms with Crippen molar-refractivity contribution in [1.82, 2.24) is 5.32 Å². The molecule has 6 heterocycles. The average Bonchev–Trinajstić information content (AvgIpc) is 3.82. The summed E-state index contributed by atoms with van der Waals surface area (Å²) in [6, 6.07) is -4.06. The third-order valence-corrected chi connectivity index (χ3v) is 16.3. The Morgan fingerprint density at radius 1 is 0.781 bits per heavy atom. The van der Waals surface area contributed by atoms with E-state index in [1.165, 1.54) is 0 Å². The molecule has 19 nitrogen and oxygen atoms in total. The number of nitrogens with two attached hydrogens (primary N) is 1. The van der Waals surface area contributed by atoms with Crippen molar-refractivity contribution >= 4 is 47.4 Å². The number of amides is 2. The van der Waals surface area contributed by atoms with Gasteiger partial charge in [-0.25, -0.2) is 0 Å². The first-order valence-corrected chi connectivity index (χ1v) is 21.9. The molecular formula is C44H58N6NiO13-4. The van der Waals surface area contributed by atoms with E-state index in [1.54, 1.807) is 13.0 Å². The van der Waals surface area contributed by atoms with Gasteiger partial charge in [-0.3, -0.25) is 38.4 Å². The van der Waals surface area contributed by atoms with Gasteiger partial charge in [0.25, 0.3) is 0 Å². The van der Waals surface area contributed by atoms with Crippen molar-refractivity contribution in [2.75, 3.05) is 0 Å². The molecule has 1 aliphatic carbocycles. The second-order valence-corrected chi connectivity index (χ2v) is 20.1. The van der Waals surface area contributed by atoms with Crippen LogP contribution in [0.15, 0.2) is 23.0 Å². The van der Waals surface area contributed by atoms with Crippen molar-refractivity contribution in [1.29, 1.82) is 0 Å². The number of nitrogens with zero attached hydrogens (tertiary/aromatic N) is 4. The molecule has 20 heteroatoms. The third kappa shape index (κ3) is 8.47. The Balaban J connectivity index is 0.00000680. The van der Waals surface area contributed by atoms with Crippen molar-refractivity contribution in [3.63, 3.8) is 0 Å². The van der Waals surface area contributed by atoms with Crippen molar-refractivity contribution in [2.24, 2.45) is 57.5 Å². The smallest absolute Gasteiger partial charge is 0.303 e. The largest absolute Gasteiger partial charge is 0.664 e. The minimum absolute atomic E-state index is 0. The summed E-state index contributed by atoms with van der Waals surface area (Å²) in [6.45, 7) is 7.29. The molecule has 2 amide bonds. The SMILES string of the molecule is C[C@H]1C[C@]2(C)C3[N-][C@H](CC4[N-][C@@H](C[C@@]56[N-]C(/C=C7\[N-]/C(=C\3C1=O)[C@@H](CCC(=O)O)[C@@H]7CC(=O)O)[C@@H](CCC(=O)O)[C@]5(C)CC(=O)N6)[C@@H](CCC(=O)O)[C@]4(C)CC(N)=O)[C@H]2CC(=O)O.[Ni]. The first-order chi connectivity index (χ1) is 29.4. The Labute approximate surface area is 380 Å². The van der Waals surface area contributed by atoms with Crippen molar-refractivity contribution in [2.45, 2.75) is 147 Å². The van der Waals surface area contributed by atoms with Gasteiger partial charge in [-0.15, -0.1) is 36.3 Å². The number of ketones is 1. The summed E-state index contributed by atoms with van der Waals surface area (Å²) in [5, 5.41) is 74.8. The Hall–Kier alpha value is -4.39. The molecule has 0 aromatic heterocycles. The number of hydrogen-bond donors (Lipinski definition) is 7.